The van der Waals surface area contributed by atoms with Gasteiger partial charge in [-0.15, -0.1) is 0 Å². The van der Waals surface area contributed by atoms with E-state index < -0.39 is 0 Å². The lowest BCUT2D eigenvalue weighted by Crippen LogP contribution is -2.42. The number of nitrogens with zero attached hydrogens (tertiary/aromatic N) is 2. The third-order valence-corrected chi connectivity index (χ3v) is 3.96. The molecule has 2 atom stereocenters. The molecule has 2 heterocycles. The number of piperidine rings is 1. The molecule has 0 spiro atoms. The lowest BCUT2D eigenvalue weighted by molar-refractivity contribution is 0.190. The molecule has 1 N–H and O–H groups in total. The number of aryl methyl sites for hydroxylation is 1. The molecule has 1 aliphatic rings. The molecule has 1 saturated heterocycles. The third kappa shape index (κ3) is 2.90. The molecule has 4 heteroatoms. The number of hydrogen-bond donors (Lipinski definition) is 1. The Balaban J connectivity index is 2.06. The highest BCUT2D eigenvalue weighted by atomic mass is 35.5. The first kappa shape index (κ1) is 12.7. The van der Waals surface area contributed by atoms with E-state index >= 15 is 0 Å². The Kier molecular flexibility index (Phi) is 3.89. The number of hydrogen-bond acceptors (Lipinski definition) is 3. The Morgan fingerprint density at radius 3 is 2.94 bits per heavy atom. The van der Waals surface area contributed by atoms with Crippen molar-refractivity contribution in [2.24, 2.45) is 0 Å². The molecular weight excluding hydrogens is 234 g/mol. The minimum atomic E-state index is 0.501. The largest absolute Gasteiger partial charge is 0.379 e. The Hall–Kier alpha value is -0.800. The van der Waals surface area contributed by atoms with Crippen LogP contribution in [0, 0.1) is 6.92 Å². The fraction of sp³-hybridized carbons (Fsp3) is 0.615. The highest BCUT2D eigenvalue weighted by molar-refractivity contribution is 6.32. The smallest absolute Gasteiger partial charge is 0.152 e. The van der Waals surface area contributed by atoms with Gasteiger partial charge in [0.25, 0.3) is 0 Å². The fourth-order valence-corrected chi connectivity index (χ4v) is 2.58. The van der Waals surface area contributed by atoms with Crippen molar-refractivity contribution in [2.75, 3.05) is 18.9 Å². The van der Waals surface area contributed by atoms with Crippen molar-refractivity contribution in [2.45, 2.75) is 38.8 Å². The molecule has 1 aliphatic heterocycles. The molecule has 1 fully saturated rings. The van der Waals surface area contributed by atoms with Crippen LogP contribution in [0.25, 0.3) is 0 Å². The van der Waals surface area contributed by atoms with Crippen molar-refractivity contribution in [3.63, 3.8) is 0 Å². The molecule has 0 aliphatic carbocycles. The average Bonchev–Trinajstić information content (AvgIpc) is 2.28. The monoisotopic (exact) mass is 253 g/mol. The van der Waals surface area contributed by atoms with Gasteiger partial charge in [0, 0.05) is 24.8 Å². The summed E-state index contributed by atoms with van der Waals surface area (Å²) in [5.74, 6) is 0. The molecule has 1 aromatic heterocycles. The van der Waals surface area contributed by atoms with Crippen LogP contribution in [0.3, 0.4) is 0 Å². The number of aromatic nitrogens is 1. The van der Waals surface area contributed by atoms with E-state index in [-0.39, 0.29) is 0 Å². The zero-order valence-corrected chi connectivity index (χ0v) is 11.5. The van der Waals surface area contributed by atoms with Crippen LogP contribution in [0.1, 0.15) is 25.3 Å². The number of rotatable bonds is 2. The van der Waals surface area contributed by atoms with Gasteiger partial charge in [0.15, 0.2) is 5.15 Å². The molecular formula is C13H20ClN3. The van der Waals surface area contributed by atoms with Gasteiger partial charge in [-0.3, -0.25) is 0 Å². The molecule has 0 aromatic carbocycles. The molecule has 17 heavy (non-hydrogen) atoms. The molecule has 1 aromatic rings. The van der Waals surface area contributed by atoms with Crippen LogP contribution in [0.4, 0.5) is 5.69 Å². The summed E-state index contributed by atoms with van der Waals surface area (Å²) >= 11 is 6.13. The van der Waals surface area contributed by atoms with Crippen molar-refractivity contribution < 1.29 is 0 Å². The van der Waals surface area contributed by atoms with E-state index in [9.17, 15) is 0 Å². The average molecular weight is 254 g/mol. The van der Waals surface area contributed by atoms with Crippen molar-refractivity contribution in [3.8, 4) is 0 Å². The van der Waals surface area contributed by atoms with E-state index in [2.05, 4.69) is 36.1 Å². The Morgan fingerprint density at radius 1 is 1.53 bits per heavy atom. The predicted molar refractivity (Wildman–Crippen MR) is 72.7 cm³/mol. The first-order valence-corrected chi connectivity index (χ1v) is 6.53. The minimum Gasteiger partial charge on any atom is -0.379 e. The van der Waals surface area contributed by atoms with Crippen molar-refractivity contribution in [3.05, 3.63) is 23.0 Å². The van der Waals surface area contributed by atoms with Crippen LogP contribution in [-0.4, -0.2) is 35.6 Å². The normalized spacial score (nSPS) is 25.9. The predicted octanol–water partition coefficient (Wildman–Crippen LogP) is 2.94. The Labute approximate surface area is 108 Å². The fourth-order valence-electron chi connectivity index (χ4n) is 2.32. The van der Waals surface area contributed by atoms with Gasteiger partial charge >= 0.3 is 0 Å². The summed E-state index contributed by atoms with van der Waals surface area (Å²) in [6.07, 6.45) is 4.06. The maximum Gasteiger partial charge on any atom is 0.152 e. The van der Waals surface area contributed by atoms with Gasteiger partial charge < -0.3 is 10.2 Å². The second-order valence-electron chi connectivity index (χ2n) is 4.99. The standard InChI is InChI=1S/C13H20ClN3/c1-9-4-6-15-13(14)12(9)16-11-5-7-17(3)10(2)8-11/h4,6,10-11,16H,5,7-8H2,1-3H3. The van der Waals surface area contributed by atoms with Crippen LogP contribution in [0.5, 0.6) is 0 Å². The summed E-state index contributed by atoms with van der Waals surface area (Å²) in [4.78, 5) is 6.53. The highest BCUT2D eigenvalue weighted by Gasteiger charge is 2.23. The maximum absolute atomic E-state index is 6.13. The zero-order chi connectivity index (χ0) is 12.4. The van der Waals surface area contributed by atoms with Gasteiger partial charge in [-0.2, -0.15) is 0 Å². The third-order valence-electron chi connectivity index (χ3n) is 3.67. The summed E-state index contributed by atoms with van der Waals surface area (Å²) in [6, 6.07) is 3.12. The SMILES string of the molecule is Cc1ccnc(Cl)c1NC1CCN(C)C(C)C1. The summed E-state index contributed by atoms with van der Waals surface area (Å²) in [7, 11) is 2.18. The summed E-state index contributed by atoms with van der Waals surface area (Å²) in [6.45, 7) is 5.47. The van der Waals surface area contributed by atoms with E-state index in [0.717, 1.165) is 30.6 Å². The number of anilines is 1. The molecule has 2 rings (SSSR count). The topological polar surface area (TPSA) is 28.2 Å². The van der Waals surface area contributed by atoms with E-state index in [1.807, 2.05) is 6.07 Å². The first-order chi connectivity index (χ1) is 8.08. The van der Waals surface area contributed by atoms with Gasteiger partial charge in [0.2, 0.25) is 0 Å². The lowest BCUT2D eigenvalue weighted by atomic mass is 9.98. The van der Waals surface area contributed by atoms with Crippen LogP contribution >= 0.6 is 11.6 Å². The van der Waals surface area contributed by atoms with Crippen LogP contribution < -0.4 is 5.32 Å². The molecule has 0 saturated carbocycles. The molecule has 0 amide bonds. The molecule has 3 nitrogen and oxygen atoms in total. The van der Waals surface area contributed by atoms with E-state index in [0.29, 0.717) is 17.2 Å². The highest BCUT2D eigenvalue weighted by Crippen LogP contribution is 2.26. The van der Waals surface area contributed by atoms with E-state index in [4.69, 9.17) is 11.6 Å². The van der Waals surface area contributed by atoms with Crippen LogP contribution in [0.15, 0.2) is 12.3 Å². The number of likely N-dealkylation sites (tertiary alicyclic amines) is 1. The molecule has 0 radical (unpaired) electrons. The van der Waals surface area contributed by atoms with Gasteiger partial charge in [-0.1, -0.05) is 11.6 Å². The number of nitrogens with one attached hydrogen (secondary N) is 1. The summed E-state index contributed by atoms with van der Waals surface area (Å²) in [5.41, 5.74) is 2.16. The zero-order valence-electron chi connectivity index (χ0n) is 10.7. The van der Waals surface area contributed by atoms with Crippen molar-refractivity contribution in [1.29, 1.82) is 0 Å². The van der Waals surface area contributed by atoms with E-state index in [1.54, 1.807) is 6.20 Å². The van der Waals surface area contributed by atoms with Gasteiger partial charge in [0.1, 0.15) is 0 Å². The maximum atomic E-state index is 6.13. The Morgan fingerprint density at radius 2 is 2.29 bits per heavy atom. The second-order valence-corrected chi connectivity index (χ2v) is 5.35. The second kappa shape index (κ2) is 5.23. The minimum absolute atomic E-state index is 0.501. The first-order valence-electron chi connectivity index (χ1n) is 6.16. The van der Waals surface area contributed by atoms with Gasteiger partial charge in [-0.25, -0.2) is 4.98 Å². The van der Waals surface area contributed by atoms with Gasteiger partial charge in [-0.05, 0) is 45.4 Å². The van der Waals surface area contributed by atoms with Crippen molar-refractivity contribution >= 4 is 17.3 Å². The molecule has 0 bridgehead atoms. The summed E-state index contributed by atoms with van der Waals surface area (Å²) in [5, 5.41) is 4.13. The number of halogens is 1. The quantitative estimate of drug-likeness (QED) is 0.822. The van der Waals surface area contributed by atoms with Crippen LogP contribution in [0.2, 0.25) is 5.15 Å². The number of pyridine rings is 1. The summed E-state index contributed by atoms with van der Waals surface area (Å²) < 4.78 is 0. The van der Waals surface area contributed by atoms with Crippen LogP contribution in [-0.2, 0) is 0 Å². The van der Waals surface area contributed by atoms with E-state index in [1.165, 1.54) is 0 Å². The van der Waals surface area contributed by atoms with Crippen molar-refractivity contribution in [1.82, 2.24) is 9.88 Å². The Bertz CT molecular complexity index is 374. The lowest BCUT2D eigenvalue weighted by Gasteiger charge is -2.36. The molecule has 94 valence electrons. The van der Waals surface area contributed by atoms with Gasteiger partial charge in [0.05, 0.1) is 5.69 Å². The molecule has 2 unspecified atom stereocenters.